The van der Waals surface area contributed by atoms with Crippen molar-refractivity contribution in [2.24, 2.45) is 5.11 Å². The van der Waals surface area contributed by atoms with Crippen LogP contribution in [0.25, 0.3) is 5.57 Å². The molecule has 0 atom stereocenters. The van der Waals surface area contributed by atoms with E-state index in [-0.39, 0.29) is 5.82 Å². The molecule has 0 fully saturated rings. The van der Waals surface area contributed by atoms with E-state index in [1.807, 2.05) is 6.08 Å². The molecule has 1 aliphatic heterocycles. The fourth-order valence-corrected chi connectivity index (χ4v) is 1.33. The number of benzene rings is 1. The Hall–Kier alpha value is -1.97. The van der Waals surface area contributed by atoms with Crippen molar-refractivity contribution >= 4 is 5.57 Å². The smallest absolute Gasteiger partial charge is 0.232 e. The van der Waals surface area contributed by atoms with Crippen LogP contribution in [0.15, 0.2) is 47.4 Å². The van der Waals surface area contributed by atoms with Gasteiger partial charge in [-0.25, -0.2) is 9.92 Å². The SMILES string of the molecule is N=NC1=CC=C(c2ccc(F)cc2)CO1. The van der Waals surface area contributed by atoms with Crippen molar-refractivity contribution in [3.8, 4) is 0 Å². The van der Waals surface area contributed by atoms with Crippen LogP contribution < -0.4 is 0 Å². The van der Waals surface area contributed by atoms with Crippen molar-refractivity contribution in [3.63, 3.8) is 0 Å². The Kier molecular flexibility index (Phi) is 2.58. The predicted octanol–water partition coefficient (Wildman–Crippen LogP) is 3.11. The highest BCUT2D eigenvalue weighted by Crippen LogP contribution is 2.20. The lowest BCUT2D eigenvalue weighted by Crippen LogP contribution is -2.01. The largest absolute Gasteiger partial charge is 0.472 e. The third-order valence-corrected chi connectivity index (χ3v) is 2.13. The highest BCUT2D eigenvalue weighted by molar-refractivity contribution is 5.68. The third kappa shape index (κ3) is 2.10. The Balaban J connectivity index is 2.26. The summed E-state index contributed by atoms with van der Waals surface area (Å²) in [4.78, 5) is 0. The first kappa shape index (κ1) is 9.58. The molecule has 0 unspecified atom stereocenters. The van der Waals surface area contributed by atoms with Crippen LogP contribution >= 0.6 is 0 Å². The van der Waals surface area contributed by atoms with Gasteiger partial charge in [-0.3, -0.25) is 0 Å². The Bertz CT molecular complexity index is 434. The molecule has 1 aromatic carbocycles. The first-order chi connectivity index (χ1) is 7.29. The number of nitrogens with one attached hydrogen (secondary N) is 1. The average Bonchev–Trinajstić information content (AvgIpc) is 2.30. The van der Waals surface area contributed by atoms with Gasteiger partial charge >= 0.3 is 0 Å². The number of allylic oxidation sites excluding steroid dienone is 2. The molecule has 0 amide bonds. The predicted molar refractivity (Wildman–Crippen MR) is 53.6 cm³/mol. The minimum absolute atomic E-state index is 0.256. The summed E-state index contributed by atoms with van der Waals surface area (Å²) in [5.74, 6) is 0.0364. The molecule has 0 radical (unpaired) electrons. The molecule has 1 aromatic rings. The van der Waals surface area contributed by atoms with Gasteiger partial charge < -0.3 is 4.74 Å². The summed E-state index contributed by atoms with van der Waals surface area (Å²) >= 11 is 0. The van der Waals surface area contributed by atoms with Crippen molar-refractivity contribution in [1.29, 1.82) is 5.53 Å². The second kappa shape index (κ2) is 4.04. The van der Waals surface area contributed by atoms with Gasteiger partial charge in [0, 0.05) is 6.08 Å². The van der Waals surface area contributed by atoms with Gasteiger partial charge in [0.25, 0.3) is 0 Å². The van der Waals surface area contributed by atoms with Gasteiger partial charge in [-0.1, -0.05) is 12.1 Å². The van der Waals surface area contributed by atoms with Gasteiger partial charge in [0.05, 0.1) is 0 Å². The highest BCUT2D eigenvalue weighted by atomic mass is 19.1. The van der Waals surface area contributed by atoms with E-state index in [2.05, 4.69) is 5.11 Å². The van der Waals surface area contributed by atoms with E-state index in [0.29, 0.717) is 12.5 Å². The Morgan fingerprint density at radius 2 is 1.93 bits per heavy atom. The lowest BCUT2D eigenvalue weighted by atomic mass is 10.1. The van der Waals surface area contributed by atoms with Crippen LogP contribution in [-0.2, 0) is 4.74 Å². The lowest BCUT2D eigenvalue weighted by molar-refractivity contribution is 0.242. The van der Waals surface area contributed by atoms with Crippen molar-refractivity contribution in [1.82, 2.24) is 0 Å². The molecule has 0 aliphatic carbocycles. The van der Waals surface area contributed by atoms with E-state index in [4.69, 9.17) is 10.3 Å². The highest BCUT2D eigenvalue weighted by Gasteiger charge is 2.08. The summed E-state index contributed by atoms with van der Waals surface area (Å²) in [5.41, 5.74) is 8.61. The summed E-state index contributed by atoms with van der Waals surface area (Å²) in [5, 5.41) is 3.17. The second-order valence-electron chi connectivity index (χ2n) is 3.10. The zero-order valence-electron chi connectivity index (χ0n) is 7.90. The standard InChI is InChI=1S/C11H9FN2O/c12-10-4-1-8(2-5-10)9-3-6-11(14-13)15-7-9/h1-6,13H,7H2. The fraction of sp³-hybridized carbons (Fsp3) is 0.0909. The molecule has 0 saturated heterocycles. The molecule has 0 spiro atoms. The van der Waals surface area contributed by atoms with Gasteiger partial charge in [0.15, 0.2) is 0 Å². The first-order valence-corrected chi connectivity index (χ1v) is 4.46. The Morgan fingerprint density at radius 1 is 1.20 bits per heavy atom. The summed E-state index contributed by atoms with van der Waals surface area (Å²) in [6.45, 7) is 0.361. The Labute approximate surface area is 86.4 Å². The maximum absolute atomic E-state index is 12.7. The van der Waals surface area contributed by atoms with Crippen LogP contribution in [0.1, 0.15) is 5.56 Å². The molecule has 2 rings (SSSR count). The number of hydrogen-bond donors (Lipinski definition) is 1. The number of hydrogen-bond acceptors (Lipinski definition) is 3. The maximum Gasteiger partial charge on any atom is 0.232 e. The van der Waals surface area contributed by atoms with Crippen LogP contribution in [0.2, 0.25) is 0 Å². The number of nitrogens with zero attached hydrogens (tertiary/aromatic N) is 1. The number of halogens is 1. The van der Waals surface area contributed by atoms with Gasteiger partial charge in [-0.05, 0) is 29.3 Å². The van der Waals surface area contributed by atoms with Gasteiger partial charge in [0.2, 0.25) is 5.88 Å². The molecule has 0 saturated carbocycles. The summed E-state index contributed by atoms with van der Waals surface area (Å²) in [6.07, 6.45) is 3.44. The number of ether oxygens (including phenoxy) is 1. The molecule has 1 aliphatic rings. The molecular weight excluding hydrogens is 195 g/mol. The van der Waals surface area contributed by atoms with Crippen LogP contribution in [0, 0.1) is 11.3 Å². The first-order valence-electron chi connectivity index (χ1n) is 4.46. The zero-order chi connectivity index (χ0) is 10.7. The van der Waals surface area contributed by atoms with Crippen molar-refractivity contribution in [2.45, 2.75) is 0 Å². The molecule has 76 valence electrons. The summed E-state index contributed by atoms with van der Waals surface area (Å²) in [6, 6.07) is 6.21. The minimum Gasteiger partial charge on any atom is -0.472 e. The van der Waals surface area contributed by atoms with E-state index in [0.717, 1.165) is 11.1 Å². The zero-order valence-corrected chi connectivity index (χ0v) is 7.90. The van der Waals surface area contributed by atoms with Gasteiger partial charge in [0.1, 0.15) is 12.4 Å². The topological polar surface area (TPSA) is 45.4 Å². The van der Waals surface area contributed by atoms with Crippen molar-refractivity contribution in [3.05, 3.63) is 53.7 Å². The van der Waals surface area contributed by atoms with E-state index in [1.54, 1.807) is 18.2 Å². The molecule has 1 N–H and O–H groups in total. The molecule has 0 aromatic heterocycles. The normalized spacial score (nSPS) is 15.0. The van der Waals surface area contributed by atoms with E-state index in [1.165, 1.54) is 12.1 Å². The fourth-order valence-electron chi connectivity index (χ4n) is 1.33. The van der Waals surface area contributed by atoms with Gasteiger partial charge in [-0.2, -0.15) is 0 Å². The lowest BCUT2D eigenvalue weighted by Gasteiger charge is -2.12. The second-order valence-corrected chi connectivity index (χ2v) is 3.10. The van der Waals surface area contributed by atoms with Crippen LogP contribution in [0.5, 0.6) is 0 Å². The van der Waals surface area contributed by atoms with Crippen LogP contribution in [0.4, 0.5) is 4.39 Å². The monoisotopic (exact) mass is 204 g/mol. The molecule has 15 heavy (non-hydrogen) atoms. The van der Waals surface area contributed by atoms with Crippen LogP contribution in [-0.4, -0.2) is 6.61 Å². The average molecular weight is 204 g/mol. The summed E-state index contributed by atoms with van der Waals surface area (Å²) < 4.78 is 17.8. The van der Waals surface area contributed by atoms with Crippen LogP contribution in [0.3, 0.4) is 0 Å². The van der Waals surface area contributed by atoms with Crippen molar-refractivity contribution < 1.29 is 9.13 Å². The molecular formula is C11H9FN2O. The molecule has 1 heterocycles. The maximum atomic E-state index is 12.7. The third-order valence-electron chi connectivity index (χ3n) is 2.13. The Morgan fingerprint density at radius 3 is 2.47 bits per heavy atom. The van der Waals surface area contributed by atoms with E-state index in [9.17, 15) is 4.39 Å². The molecule has 0 bridgehead atoms. The van der Waals surface area contributed by atoms with E-state index < -0.39 is 0 Å². The van der Waals surface area contributed by atoms with Crippen molar-refractivity contribution in [2.75, 3.05) is 6.61 Å². The quantitative estimate of drug-likeness (QED) is 0.739. The molecule has 4 heteroatoms. The van der Waals surface area contributed by atoms with Gasteiger partial charge in [-0.15, -0.1) is 5.11 Å². The minimum atomic E-state index is -0.256. The van der Waals surface area contributed by atoms with E-state index >= 15 is 0 Å². The summed E-state index contributed by atoms with van der Waals surface area (Å²) in [7, 11) is 0. The molecule has 3 nitrogen and oxygen atoms in total. The number of rotatable bonds is 2.